The van der Waals surface area contributed by atoms with E-state index in [-0.39, 0.29) is 24.5 Å². The van der Waals surface area contributed by atoms with Crippen molar-refractivity contribution in [1.82, 2.24) is 19.9 Å². The Kier molecular flexibility index (Phi) is 5.21. The Labute approximate surface area is 156 Å². The predicted octanol–water partition coefficient (Wildman–Crippen LogP) is 2.44. The van der Waals surface area contributed by atoms with Crippen LogP contribution in [-0.2, 0) is 17.8 Å². The predicted molar refractivity (Wildman–Crippen MR) is 91.7 cm³/mol. The highest BCUT2D eigenvalue weighted by Crippen LogP contribution is 2.19. The molecule has 0 radical (unpaired) electrons. The number of benzene rings is 1. The van der Waals surface area contributed by atoms with Crippen molar-refractivity contribution >= 4 is 11.6 Å². The van der Waals surface area contributed by atoms with E-state index in [4.69, 9.17) is 0 Å². The molecule has 0 aliphatic carbocycles. The molecule has 3 rings (SSSR count). The fourth-order valence-electron chi connectivity index (χ4n) is 3.01. The van der Waals surface area contributed by atoms with Crippen molar-refractivity contribution in [2.75, 3.05) is 0 Å². The molecular weight excluding hydrogens is 380 g/mol. The molecule has 1 aromatic carbocycles. The van der Waals surface area contributed by atoms with Crippen LogP contribution in [0.5, 0.6) is 0 Å². The maximum absolute atomic E-state index is 13.6. The molecule has 3 aromatic rings. The van der Waals surface area contributed by atoms with Crippen LogP contribution >= 0.6 is 0 Å². The molecule has 6 nitrogen and oxygen atoms in total. The summed E-state index contributed by atoms with van der Waals surface area (Å²) < 4.78 is 55.2. The first kappa shape index (κ1) is 19.6. The smallest absolute Gasteiger partial charge is 0.266 e. The van der Waals surface area contributed by atoms with Crippen LogP contribution in [-0.4, -0.2) is 20.5 Å². The van der Waals surface area contributed by atoms with Gasteiger partial charge in [0.1, 0.15) is 0 Å². The maximum Gasteiger partial charge on any atom is 0.266 e. The highest BCUT2D eigenvalue weighted by molar-refractivity contribution is 5.76. The van der Waals surface area contributed by atoms with Crippen LogP contribution in [0, 0.1) is 37.1 Å². The van der Waals surface area contributed by atoms with Gasteiger partial charge in [0.05, 0.1) is 0 Å². The number of hydrogen-bond acceptors (Lipinski definition) is 3. The lowest BCUT2D eigenvalue weighted by atomic mass is 10.1. The van der Waals surface area contributed by atoms with Gasteiger partial charge in [-0.2, -0.15) is 0 Å². The van der Waals surface area contributed by atoms with Gasteiger partial charge in [-0.05, 0) is 25.8 Å². The fourth-order valence-corrected chi connectivity index (χ4v) is 3.01. The SMILES string of the molecule is Cc1nc2cc(=O)[nH]n2c(C)c1CCC(=O)NCc1c(F)c(F)cc(F)c1F. The fraction of sp³-hybridized carbons (Fsp3) is 0.278. The molecule has 0 fully saturated rings. The van der Waals surface area contributed by atoms with Crippen LogP contribution in [0.15, 0.2) is 16.9 Å². The molecule has 2 N–H and O–H groups in total. The molecule has 0 aliphatic heterocycles. The number of halogens is 4. The molecule has 1 amide bonds. The summed E-state index contributed by atoms with van der Waals surface area (Å²) in [7, 11) is 0. The number of aromatic nitrogens is 3. The quantitative estimate of drug-likeness (QED) is 0.514. The summed E-state index contributed by atoms with van der Waals surface area (Å²) in [5.74, 6) is -6.72. The van der Waals surface area contributed by atoms with E-state index < -0.39 is 41.3 Å². The Morgan fingerprint density at radius 1 is 1.11 bits per heavy atom. The van der Waals surface area contributed by atoms with Crippen molar-refractivity contribution in [3.05, 3.63) is 68.3 Å². The van der Waals surface area contributed by atoms with Crippen LogP contribution in [0.1, 0.15) is 28.9 Å². The number of aryl methyl sites for hydroxylation is 2. The van der Waals surface area contributed by atoms with E-state index in [9.17, 15) is 27.2 Å². The molecule has 2 heterocycles. The molecule has 0 saturated carbocycles. The normalized spacial score (nSPS) is 11.2. The molecule has 0 atom stereocenters. The molecule has 0 aliphatic rings. The Morgan fingerprint density at radius 3 is 2.39 bits per heavy atom. The summed E-state index contributed by atoms with van der Waals surface area (Å²) in [5, 5.41) is 4.84. The lowest BCUT2D eigenvalue weighted by Gasteiger charge is -2.12. The summed E-state index contributed by atoms with van der Waals surface area (Å²) in [6, 6.07) is 1.45. The molecule has 0 saturated heterocycles. The van der Waals surface area contributed by atoms with Crippen molar-refractivity contribution in [2.45, 2.75) is 33.2 Å². The van der Waals surface area contributed by atoms with Gasteiger partial charge in [-0.25, -0.2) is 27.1 Å². The zero-order chi connectivity index (χ0) is 20.6. The first-order valence-corrected chi connectivity index (χ1v) is 8.35. The van der Waals surface area contributed by atoms with Gasteiger partial charge in [-0.3, -0.25) is 14.7 Å². The van der Waals surface area contributed by atoms with Gasteiger partial charge in [0.15, 0.2) is 28.9 Å². The number of nitrogens with one attached hydrogen (secondary N) is 2. The van der Waals surface area contributed by atoms with E-state index in [1.165, 1.54) is 10.6 Å². The molecule has 2 aromatic heterocycles. The standard InChI is InChI=1S/C18H16F4N4O2/c1-8-10(9(2)26-14(24-8)6-16(28)25-26)3-4-15(27)23-7-11-17(21)12(19)5-13(20)18(11)22/h5-6H,3-4,7H2,1-2H3,(H,23,27)(H,25,28). The molecule has 0 unspecified atom stereocenters. The van der Waals surface area contributed by atoms with Crippen molar-refractivity contribution in [1.29, 1.82) is 0 Å². The van der Waals surface area contributed by atoms with E-state index >= 15 is 0 Å². The molecular formula is C18H16F4N4O2. The third-order valence-electron chi connectivity index (χ3n) is 4.47. The lowest BCUT2D eigenvalue weighted by Crippen LogP contribution is -2.25. The number of rotatable bonds is 5. The minimum atomic E-state index is -1.54. The average Bonchev–Trinajstić information content (AvgIpc) is 3.00. The van der Waals surface area contributed by atoms with Crippen molar-refractivity contribution < 1.29 is 22.4 Å². The number of hydrogen-bond donors (Lipinski definition) is 2. The minimum Gasteiger partial charge on any atom is -0.352 e. The van der Waals surface area contributed by atoms with Gasteiger partial charge >= 0.3 is 0 Å². The van der Waals surface area contributed by atoms with Crippen LogP contribution in [0.25, 0.3) is 5.65 Å². The number of aromatic amines is 1. The monoisotopic (exact) mass is 396 g/mol. The zero-order valence-corrected chi connectivity index (χ0v) is 15.0. The molecule has 148 valence electrons. The van der Waals surface area contributed by atoms with Gasteiger partial charge in [-0.1, -0.05) is 0 Å². The van der Waals surface area contributed by atoms with Gasteiger partial charge in [-0.15, -0.1) is 0 Å². The first-order valence-electron chi connectivity index (χ1n) is 8.35. The molecule has 0 bridgehead atoms. The summed E-state index contributed by atoms with van der Waals surface area (Å²) in [6.45, 7) is 2.80. The number of nitrogens with zero attached hydrogens (tertiary/aromatic N) is 2. The number of fused-ring (bicyclic) bond motifs is 1. The first-order chi connectivity index (χ1) is 13.2. The number of carbonyl (C=O) groups is 1. The summed E-state index contributed by atoms with van der Waals surface area (Å²) >= 11 is 0. The van der Waals surface area contributed by atoms with Crippen LogP contribution in [0.2, 0.25) is 0 Å². The summed E-state index contributed by atoms with van der Waals surface area (Å²) in [5.41, 5.74) is 1.31. The molecule has 28 heavy (non-hydrogen) atoms. The largest absolute Gasteiger partial charge is 0.352 e. The van der Waals surface area contributed by atoms with E-state index in [2.05, 4.69) is 15.4 Å². The van der Waals surface area contributed by atoms with E-state index in [1.54, 1.807) is 13.8 Å². The molecule has 0 spiro atoms. The van der Waals surface area contributed by atoms with Gasteiger partial charge < -0.3 is 5.32 Å². The second kappa shape index (κ2) is 7.45. The molecule has 10 heteroatoms. The third kappa shape index (κ3) is 3.62. The van der Waals surface area contributed by atoms with Crippen molar-refractivity contribution in [3.63, 3.8) is 0 Å². The maximum atomic E-state index is 13.6. The Hall–Kier alpha value is -3.17. The second-order valence-corrected chi connectivity index (χ2v) is 6.30. The summed E-state index contributed by atoms with van der Waals surface area (Å²) in [4.78, 5) is 27.8. The van der Waals surface area contributed by atoms with Crippen LogP contribution < -0.4 is 10.9 Å². The second-order valence-electron chi connectivity index (χ2n) is 6.30. The van der Waals surface area contributed by atoms with Crippen LogP contribution in [0.3, 0.4) is 0 Å². The van der Waals surface area contributed by atoms with Crippen LogP contribution in [0.4, 0.5) is 17.6 Å². The highest BCUT2D eigenvalue weighted by atomic mass is 19.2. The van der Waals surface area contributed by atoms with Gasteiger partial charge in [0.2, 0.25) is 5.91 Å². The Morgan fingerprint density at radius 2 is 1.75 bits per heavy atom. The number of carbonyl (C=O) groups excluding carboxylic acids is 1. The van der Waals surface area contributed by atoms with E-state index in [0.717, 1.165) is 5.56 Å². The van der Waals surface area contributed by atoms with Crippen molar-refractivity contribution in [3.8, 4) is 0 Å². The topological polar surface area (TPSA) is 79.3 Å². The van der Waals surface area contributed by atoms with Gasteiger partial charge in [0.25, 0.3) is 5.56 Å². The summed E-state index contributed by atoms with van der Waals surface area (Å²) in [6.07, 6.45) is 0.191. The van der Waals surface area contributed by atoms with Crippen molar-refractivity contribution in [2.24, 2.45) is 0 Å². The van der Waals surface area contributed by atoms with Gasteiger partial charge in [0, 0.05) is 42.0 Å². The third-order valence-corrected chi connectivity index (χ3v) is 4.47. The average molecular weight is 396 g/mol. The van der Waals surface area contributed by atoms with E-state index in [1.807, 2.05) is 0 Å². The highest BCUT2D eigenvalue weighted by Gasteiger charge is 2.19. The Bertz CT molecular complexity index is 1110. The lowest BCUT2D eigenvalue weighted by molar-refractivity contribution is -0.121. The minimum absolute atomic E-state index is 0.0542. The zero-order valence-electron chi connectivity index (χ0n) is 15.0. The number of H-pyrrole nitrogens is 1. The Balaban J connectivity index is 1.71. The van der Waals surface area contributed by atoms with E-state index in [0.29, 0.717) is 17.0 Å². The number of amides is 1.